The SMILES string of the molecule is CCC1(C)CCN(c2cncc(N)c2)CC1. The second-order valence-corrected chi connectivity index (χ2v) is 5.13. The molecule has 2 heterocycles. The van der Waals surface area contributed by atoms with Crippen molar-refractivity contribution in [3.8, 4) is 0 Å². The molecule has 0 bridgehead atoms. The molecule has 0 aromatic carbocycles. The van der Waals surface area contributed by atoms with Gasteiger partial charge in [0.15, 0.2) is 0 Å². The van der Waals surface area contributed by atoms with E-state index < -0.39 is 0 Å². The monoisotopic (exact) mass is 219 g/mol. The van der Waals surface area contributed by atoms with E-state index >= 15 is 0 Å². The lowest BCUT2D eigenvalue weighted by Gasteiger charge is -2.39. The molecule has 1 saturated heterocycles. The Morgan fingerprint density at radius 3 is 2.62 bits per heavy atom. The van der Waals surface area contributed by atoms with Crippen LogP contribution in [0.15, 0.2) is 18.5 Å². The van der Waals surface area contributed by atoms with Crippen molar-refractivity contribution in [2.45, 2.75) is 33.1 Å². The Morgan fingerprint density at radius 1 is 1.38 bits per heavy atom. The largest absolute Gasteiger partial charge is 0.397 e. The van der Waals surface area contributed by atoms with E-state index in [-0.39, 0.29) is 0 Å². The molecule has 1 aliphatic heterocycles. The number of hydrogen-bond donors (Lipinski definition) is 1. The third-order valence-corrected chi connectivity index (χ3v) is 3.93. The van der Waals surface area contributed by atoms with Crippen molar-refractivity contribution in [2.75, 3.05) is 23.7 Å². The molecular weight excluding hydrogens is 198 g/mol. The molecule has 2 rings (SSSR count). The molecule has 0 amide bonds. The van der Waals surface area contributed by atoms with Crippen LogP contribution >= 0.6 is 0 Å². The smallest absolute Gasteiger partial charge is 0.0573 e. The van der Waals surface area contributed by atoms with Gasteiger partial charge in [0.2, 0.25) is 0 Å². The fourth-order valence-corrected chi connectivity index (χ4v) is 2.28. The van der Waals surface area contributed by atoms with E-state index in [1.807, 2.05) is 12.3 Å². The van der Waals surface area contributed by atoms with Crippen LogP contribution in [-0.4, -0.2) is 18.1 Å². The Morgan fingerprint density at radius 2 is 2.06 bits per heavy atom. The fourth-order valence-electron chi connectivity index (χ4n) is 2.28. The number of pyridine rings is 1. The molecule has 0 aliphatic carbocycles. The van der Waals surface area contributed by atoms with Crippen molar-refractivity contribution >= 4 is 11.4 Å². The summed E-state index contributed by atoms with van der Waals surface area (Å²) in [5.74, 6) is 0. The maximum atomic E-state index is 5.76. The molecule has 0 unspecified atom stereocenters. The number of nitrogen functional groups attached to an aromatic ring is 1. The average Bonchev–Trinajstić information content (AvgIpc) is 2.30. The van der Waals surface area contributed by atoms with Crippen LogP contribution < -0.4 is 10.6 Å². The molecule has 1 fully saturated rings. The van der Waals surface area contributed by atoms with E-state index in [0.717, 1.165) is 24.5 Å². The predicted octanol–water partition coefficient (Wildman–Crippen LogP) is 2.68. The molecule has 0 saturated carbocycles. The normalized spacial score (nSPS) is 19.8. The van der Waals surface area contributed by atoms with Gasteiger partial charge in [-0.3, -0.25) is 4.98 Å². The molecule has 3 heteroatoms. The summed E-state index contributed by atoms with van der Waals surface area (Å²) in [5, 5.41) is 0. The topological polar surface area (TPSA) is 42.2 Å². The van der Waals surface area contributed by atoms with Crippen LogP contribution in [0, 0.1) is 5.41 Å². The van der Waals surface area contributed by atoms with E-state index in [1.165, 1.54) is 19.3 Å². The van der Waals surface area contributed by atoms with Crippen LogP contribution in [0.4, 0.5) is 11.4 Å². The molecular formula is C13H21N3. The summed E-state index contributed by atoms with van der Waals surface area (Å²) in [6.45, 7) is 6.92. The summed E-state index contributed by atoms with van der Waals surface area (Å²) in [4.78, 5) is 6.54. The summed E-state index contributed by atoms with van der Waals surface area (Å²) in [5.41, 5.74) is 8.20. The minimum atomic E-state index is 0.532. The van der Waals surface area contributed by atoms with Gasteiger partial charge in [0.25, 0.3) is 0 Å². The number of aromatic nitrogens is 1. The van der Waals surface area contributed by atoms with Crippen LogP contribution in [-0.2, 0) is 0 Å². The minimum Gasteiger partial charge on any atom is -0.397 e. The molecule has 2 N–H and O–H groups in total. The van der Waals surface area contributed by atoms with Gasteiger partial charge in [-0.15, -0.1) is 0 Å². The second kappa shape index (κ2) is 4.32. The molecule has 0 atom stereocenters. The number of nitrogens with two attached hydrogens (primary N) is 1. The zero-order valence-corrected chi connectivity index (χ0v) is 10.2. The van der Waals surface area contributed by atoms with Gasteiger partial charge in [0.05, 0.1) is 17.6 Å². The highest BCUT2D eigenvalue weighted by atomic mass is 15.1. The fraction of sp³-hybridized carbons (Fsp3) is 0.615. The standard InChI is InChI=1S/C13H21N3/c1-3-13(2)4-6-16(7-5-13)12-8-11(14)9-15-10-12/h8-10H,3-7,14H2,1-2H3. The zero-order valence-electron chi connectivity index (χ0n) is 10.2. The van der Waals surface area contributed by atoms with Gasteiger partial charge < -0.3 is 10.6 Å². The Bertz CT molecular complexity index is 354. The molecule has 16 heavy (non-hydrogen) atoms. The lowest BCUT2D eigenvalue weighted by molar-refractivity contribution is 0.238. The molecule has 3 nitrogen and oxygen atoms in total. The van der Waals surface area contributed by atoms with Crippen molar-refractivity contribution in [2.24, 2.45) is 5.41 Å². The third-order valence-electron chi connectivity index (χ3n) is 3.93. The summed E-state index contributed by atoms with van der Waals surface area (Å²) in [6, 6.07) is 2.02. The van der Waals surface area contributed by atoms with Gasteiger partial charge in [0.1, 0.15) is 0 Å². The minimum absolute atomic E-state index is 0.532. The maximum Gasteiger partial charge on any atom is 0.0573 e. The van der Waals surface area contributed by atoms with Gasteiger partial charge in [-0.05, 0) is 24.3 Å². The summed E-state index contributed by atoms with van der Waals surface area (Å²) in [7, 11) is 0. The Balaban J connectivity index is 2.04. The molecule has 0 spiro atoms. The van der Waals surface area contributed by atoms with E-state index in [1.54, 1.807) is 6.20 Å². The van der Waals surface area contributed by atoms with Crippen LogP contribution in [0.3, 0.4) is 0 Å². The van der Waals surface area contributed by atoms with E-state index in [4.69, 9.17) is 5.73 Å². The van der Waals surface area contributed by atoms with Crippen molar-refractivity contribution in [1.29, 1.82) is 0 Å². The quantitative estimate of drug-likeness (QED) is 0.831. The van der Waals surface area contributed by atoms with Crippen LogP contribution in [0.5, 0.6) is 0 Å². The molecule has 1 aliphatic rings. The first-order chi connectivity index (χ1) is 7.63. The van der Waals surface area contributed by atoms with Crippen LogP contribution in [0.1, 0.15) is 33.1 Å². The zero-order chi connectivity index (χ0) is 11.6. The van der Waals surface area contributed by atoms with Gasteiger partial charge in [-0.2, -0.15) is 0 Å². The van der Waals surface area contributed by atoms with E-state index in [9.17, 15) is 0 Å². The summed E-state index contributed by atoms with van der Waals surface area (Å²) in [6.07, 6.45) is 7.40. The van der Waals surface area contributed by atoms with E-state index in [2.05, 4.69) is 23.7 Å². The van der Waals surface area contributed by atoms with Gasteiger partial charge >= 0.3 is 0 Å². The Hall–Kier alpha value is -1.25. The van der Waals surface area contributed by atoms with Gasteiger partial charge in [0, 0.05) is 19.3 Å². The van der Waals surface area contributed by atoms with Crippen molar-refractivity contribution < 1.29 is 0 Å². The number of rotatable bonds is 2. The Labute approximate surface area is 97.7 Å². The van der Waals surface area contributed by atoms with Crippen molar-refractivity contribution in [3.05, 3.63) is 18.5 Å². The molecule has 1 aromatic rings. The lowest BCUT2D eigenvalue weighted by atomic mass is 9.78. The third kappa shape index (κ3) is 2.29. The van der Waals surface area contributed by atoms with Crippen molar-refractivity contribution in [3.63, 3.8) is 0 Å². The first-order valence-electron chi connectivity index (χ1n) is 6.08. The predicted molar refractivity (Wildman–Crippen MR) is 68.5 cm³/mol. The Kier molecular flexibility index (Phi) is 3.03. The number of piperidine rings is 1. The maximum absolute atomic E-state index is 5.76. The highest BCUT2D eigenvalue weighted by molar-refractivity contribution is 5.53. The highest BCUT2D eigenvalue weighted by Crippen LogP contribution is 2.35. The molecule has 1 aromatic heterocycles. The van der Waals surface area contributed by atoms with Crippen LogP contribution in [0.25, 0.3) is 0 Å². The second-order valence-electron chi connectivity index (χ2n) is 5.13. The lowest BCUT2D eigenvalue weighted by Crippen LogP contribution is -2.38. The van der Waals surface area contributed by atoms with Crippen molar-refractivity contribution in [1.82, 2.24) is 4.98 Å². The summed E-state index contributed by atoms with van der Waals surface area (Å²) < 4.78 is 0. The highest BCUT2D eigenvalue weighted by Gasteiger charge is 2.28. The summed E-state index contributed by atoms with van der Waals surface area (Å²) >= 11 is 0. The average molecular weight is 219 g/mol. The van der Waals surface area contributed by atoms with Gasteiger partial charge in [-0.25, -0.2) is 0 Å². The van der Waals surface area contributed by atoms with Crippen LogP contribution in [0.2, 0.25) is 0 Å². The number of anilines is 2. The molecule has 0 radical (unpaired) electrons. The molecule has 88 valence electrons. The first kappa shape index (κ1) is 11.2. The first-order valence-corrected chi connectivity index (χ1v) is 6.08. The van der Waals surface area contributed by atoms with Gasteiger partial charge in [-0.1, -0.05) is 20.3 Å². The number of hydrogen-bond acceptors (Lipinski definition) is 3. The number of nitrogens with zero attached hydrogens (tertiary/aromatic N) is 2. The van der Waals surface area contributed by atoms with E-state index in [0.29, 0.717) is 5.41 Å².